The van der Waals surface area contributed by atoms with Gasteiger partial charge in [0.25, 0.3) is 0 Å². The Balaban J connectivity index is 2.03. The first-order valence-corrected chi connectivity index (χ1v) is 7.87. The first-order valence-electron chi connectivity index (χ1n) is 7.87. The molecule has 2 aliphatic carbocycles. The minimum absolute atomic E-state index is 0.212. The van der Waals surface area contributed by atoms with Crippen LogP contribution in [0, 0.1) is 22.2 Å². The molecule has 0 radical (unpaired) electrons. The van der Waals surface area contributed by atoms with E-state index in [9.17, 15) is 14.9 Å². The van der Waals surface area contributed by atoms with Crippen LogP contribution in [-0.4, -0.2) is 25.5 Å². The van der Waals surface area contributed by atoms with Crippen LogP contribution in [0.15, 0.2) is 0 Å². The molecule has 2 saturated carbocycles. The second kappa shape index (κ2) is 6.46. The molecule has 0 heterocycles. The zero-order valence-corrected chi connectivity index (χ0v) is 12.7. The molecular weight excluding hydrogens is 268 g/mol. The molecule has 5 heteroatoms. The predicted molar refractivity (Wildman–Crippen MR) is 77.1 cm³/mol. The van der Waals surface area contributed by atoms with E-state index in [4.69, 9.17) is 4.74 Å². The highest BCUT2D eigenvalue weighted by atomic mass is 16.5. The highest BCUT2D eigenvalue weighted by Crippen LogP contribution is 2.39. The van der Waals surface area contributed by atoms with Crippen molar-refractivity contribution >= 4 is 11.9 Å². The molecule has 5 nitrogen and oxygen atoms in total. The Morgan fingerprint density at radius 2 is 1.67 bits per heavy atom. The van der Waals surface area contributed by atoms with Crippen LogP contribution in [0.2, 0.25) is 0 Å². The van der Waals surface area contributed by atoms with Gasteiger partial charge in [-0.05, 0) is 25.7 Å². The number of nitrogens with zero attached hydrogens (tertiary/aromatic N) is 1. The zero-order chi connectivity index (χ0) is 15.3. The molecule has 0 atom stereocenters. The average Bonchev–Trinajstić information content (AvgIpc) is 3.03. The lowest BCUT2D eigenvalue weighted by atomic mass is 9.73. The number of carbonyl (C=O) groups excluding carboxylic acids is 2. The fourth-order valence-corrected chi connectivity index (χ4v) is 3.68. The van der Waals surface area contributed by atoms with E-state index in [2.05, 4.69) is 11.4 Å². The molecular formula is C16H24N2O3. The maximum Gasteiger partial charge on any atom is 0.313 e. The Morgan fingerprint density at radius 1 is 1.10 bits per heavy atom. The smallest absolute Gasteiger partial charge is 0.313 e. The van der Waals surface area contributed by atoms with E-state index < -0.39 is 10.8 Å². The first-order chi connectivity index (χ1) is 10.1. The van der Waals surface area contributed by atoms with Crippen LogP contribution in [0.3, 0.4) is 0 Å². The normalized spacial score (nSPS) is 23.0. The maximum absolute atomic E-state index is 12.4. The van der Waals surface area contributed by atoms with Crippen LogP contribution < -0.4 is 5.32 Å². The van der Waals surface area contributed by atoms with Crippen molar-refractivity contribution in [3.8, 4) is 6.07 Å². The summed E-state index contributed by atoms with van der Waals surface area (Å²) in [6, 6.07) is 2.19. The number of rotatable bonds is 4. The van der Waals surface area contributed by atoms with Crippen LogP contribution >= 0.6 is 0 Å². The van der Waals surface area contributed by atoms with Gasteiger partial charge >= 0.3 is 5.97 Å². The third-order valence-corrected chi connectivity index (χ3v) is 5.12. The van der Waals surface area contributed by atoms with Gasteiger partial charge in [0, 0.05) is 6.54 Å². The summed E-state index contributed by atoms with van der Waals surface area (Å²) in [6.07, 6.45) is 7.67. The summed E-state index contributed by atoms with van der Waals surface area (Å²) in [7, 11) is 1.40. The number of amides is 1. The molecule has 0 unspecified atom stereocenters. The van der Waals surface area contributed by atoms with Crippen LogP contribution in [0.5, 0.6) is 0 Å². The van der Waals surface area contributed by atoms with Crippen molar-refractivity contribution in [1.82, 2.24) is 5.32 Å². The standard InChI is InChI=1S/C16H24N2O3/c1-21-14(20)16(9-3-2-4-10-16)12-18-13(19)15(11-17)7-5-6-8-15/h2-10,12H2,1H3,(H,18,19). The average molecular weight is 292 g/mol. The minimum atomic E-state index is -0.883. The predicted octanol–water partition coefficient (Wildman–Crippen LogP) is 2.31. The number of hydrogen-bond donors (Lipinski definition) is 1. The molecule has 1 amide bonds. The van der Waals surface area contributed by atoms with E-state index in [1.54, 1.807) is 0 Å². The second-order valence-corrected chi connectivity index (χ2v) is 6.42. The Morgan fingerprint density at radius 3 is 2.19 bits per heavy atom. The molecule has 1 N–H and O–H groups in total. The van der Waals surface area contributed by atoms with Crippen molar-refractivity contribution in [1.29, 1.82) is 5.26 Å². The Kier molecular flexibility index (Phi) is 4.87. The highest BCUT2D eigenvalue weighted by molar-refractivity contribution is 5.86. The van der Waals surface area contributed by atoms with Gasteiger partial charge in [-0.1, -0.05) is 32.1 Å². The van der Waals surface area contributed by atoms with Crippen molar-refractivity contribution in [2.75, 3.05) is 13.7 Å². The number of nitrogens with one attached hydrogen (secondary N) is 1. The summed E-state index contributed by atoms with van der Waals surface area (Å²) >= 11 is 0. The summed E-state index contributed by atoms with van der Waals surface area (Å²) in [5.74, 6) is -0.448. The van der Waals surface area contributed by atoms with Crippen LogP contribution in [0.25, 0.3) is 0 Å². The van der Waals surface area contributed by atoms with Crippen molar-refractivity contribution in [2.24, 2.45) is 10.8 Å². The summed E-state index contributed by atoms with van der Waals surface area (Å²) in [4.78, 5) is 24.5. The Hall–Kier alpha value is -1.57. The van der Waals surface area contributed by atoms with E-state index in [1.807, 2.05) is 0 Å². The molecule has 0 aromatic heterocycles. The van der Waals surface area contributed by atoms with E-state index in [0.29, 0.717) is 19.4 Å². The van der Waals surface area contributed by atoms with Gasteiger partial charge in [0.15, 0.2) is 0 Å². The molecule has 0 saturated heterocycles. The van der Waals surface area contributed by atoms with Crippen LogP contribution in [0.4, 0.5) is 0 Å². The van der Waals surface area contributed by atoms with Gasteiger partial charge in [-0.3, -0.25) is 9.59 Å². The van der Waals surface area contributed by atoms with Gasteiger partial charge in [-0.2, -0.15) is 5.26 Å². The largest absolute Gasteiger partial charge is 0.469 e. The summed E-state index contributed by atoms with van der Waals surface area (Å²) in [5, 5.41) is 12.2. The molecule has 2 rings (SSSR count). The fraction of sp³-hybridized carbons (Fsp3) is 0.812. The van der Waals surface area contributed by atoms with Gasteiger partial charge in [0.1, 0.15) is 5.41 Å². The maximum atomic E-state index is 12.4. The van der Waals surface area contributed by atoms with E-state index in [-0.39, 0.29) is 11.9 Å². The molecule has 0 bridgehead atoms. The molecule has 0 aromatic rings. The second-order valence-electron chi connectivity index (χ2n) is 6.42. The first kappa shape index (κ1) is 15.8. The lowest BCUT2D eigenvalue weighted by Crippen LogP contribution is -2.48. The van der Waals surface area contributed by atoms with Gasteiger partial charge < -0.3 is 10.1 Å². The molecule has 0 spiro atoms. The van der Waals surface area contributed by atoms with Gasteiger partial charge in [0.2, 0.25) is 5.91 Å². The van der Waals surface area contributed by atoms with E-state index in [1.165, 1.54) is 7.11 Å². The number of hydrogen-bond acceptors (Lipinski definition) is 4. The third-order valence-electron chi connectivity index (χ3n) is 5.12. The van der Waals surface area contributed by atoms with Gasteiger partial charge in [0.05, 0.1) is 18.6 Å². The summed E-state index contributed by atoms with van der Waals surface area (Å²) in [6.45, 7) is 0.294. The van der Waals surface area contributed by atoms with Crippen molar-refractivity contribution in [3.63, 3.8) is 0 Å². The topological polar surface area (TPSA) is 79.2 Å². The number of ether oxygens (including phenoxy) is 1. The van der Waals surface area contributed by atoms with Crippen molar-refractivity contribution in [2.45, 2.75) is 57.8 Å². The number of methoxy groups -OCH3 is 1. The SMILES string of the molecule is COC(=O)C1(CNC(=O)C2(C#N)CCCC2)CCCCC1. The van der Waals surface area contributed by atoms with Gasteiger partial charge in [-0.15, -0.1) is 0 Å². The minimum Gasteiger partial charge on any atom is -0.469 e. The third kappa shape index (κ3) is 3.04. The van der Waals surface area contributed by atoms with E-state index >= 15 is 0 Å². The zero-order valence-electron chi connectivity index (χ0n) is 12.7. The van der Waals surface area contributed by atoms with Crippen LogP contribution in [-0.2, 0) is 14.3 Å². The Bertz CT molecular complexity index is 441. The molecule has 2 fully saturated rings. The van der Waals surface area contributed by atoms with Crippen molar-refractivity contribution in [3.05, 3.63) is 0 Å². The van der Waals surface area contributed by atoms with Gasteiger partial charge in [-0.25, -0.2) is 0 Å². The summed E-state index contributed by atoms with van der Waals surface area (Å²) in [5.41, 5.74) is -1.48. The monoisotopic (exact) mass is 292 g/mol. The molecule has 0 aromatic carbocycles. The quantitative estimate of drug-likeness (QED) is 0.806. The summed E-state index contributed by atoms with van der Waals surface area (Å²) < 4.78 is 4.95. The lowest BCUT2D eigenvalue weighted by molar-refractivity contribution is -0.155. The lowest BCUT2D eigenvalue weighted by Gasteiger charge is -2.35. The Labute approximate surface area is 126 Å². The fourth-order valence-electron chi connectivity index (χ4n) is 3.68. The molecule has 2 aliphatic rings. The molecule has 116 valence electrons. The van der Waals surface area contributed by atoms with E-state index in [0.717, 1.165) is 44.9 Å². The molecule has 0 aliphatic heterocycles. The molecule has 21 heavy (non-hydrogen) atoms. The number of carbonyl (C=O) groups is 2. The number of nitriles is 1. The van der Waals surface area contributed by atoms with Crippen molar-refractivity contribution < 1.29 is 14.3 Å². The van der Waals surface area contributed by atoms with Crippen LogP contribution in [0.1, 0.15) is 57.8 Å². The number of esters is 1. The highest BCUT2D eigenvalue weighted by Gasteiger charge is 2.45.